The molecule has 0 aromatic carbocycles. The molecule has 0 aliphatic carbocycles. The minimum Gasteiger partial charge on any atom is -0.390 e. The highest BCUT2D eigenvalue weighted by Gasteiger charge is 2.02. The zero-order valence-corrected chi connectivity index (χ0v) is 8.51. The van der Waals surface area contributed by atoms with Crippen LogP contribution < -0.4 is 5.73 Å². The number of imidazole rings is 1. The van der Waals surface area contributed by atoms with E-state index in [9.17, 15) is 4.79 Å². The molecule has 1 heterocycles. The highest BCUT2D eigenvalue weighted by molar-refractivity contribution is 7.71. The van der Waals surface area contributed by atoms with Crippen LogP contribution in [0, 0.1) is 4.77 Å². The highest BCUT2D eigenvalue weighted by Crippen LogP contribution is 2.04. The van der Waals surface area contributed by atoms with Crippen LogP contribution in [0.4, 0.5) is 0 Å². The average Bonchev–Trinajstić information content (AvgIpc) is 2.47. The van der Waals surface area contributed by atoms with Crippen LogP contribution in [-0.4, -0.2) is 20.6 Å². The Balaban J connectivity index is 2.61. The van der Waals surface area contributed by atoms with E-state index in [1.165, 1.54) is 0 Å². The van der Waals surface area contributed by atoms with Gasteiger partial charge in [0.05, 0.1) is 12.3 Å². The van der Waals surface area contributed by atoms with Crippen LogP contribution in [0.1, 0.15) is 18.5 Å². The predicted molar refractivity (Wildman–Crippen MR) is 54.0 cm³/mol. The second kappa shape index (κ2) is 4.92. The number of aliphatic hydroxyl groups excluding tert-OH is 1. The Labute approximate surface area is 86.5 Å². The zero-order valence-electron chi connectivity index (χ0n) is 7.69. The number of nitrogens with zero attached hydrogens (tertiary/aromatic N) is 1. The lowest BCUT2D eigenvalue weighted by atomic mass is 10.3. The number of carbonyl (C=O) groups excluding carboxylic acids is 1. The van der Waals surface area contributed by atoms with Crippen LogP contribution in [0.3, 0.4) is 0 Å². The number of aliphatic hydroxyl groups is 1. The summed E-state index contributed by atoms with van der Waals surface area (Å²) in [5.41, 5.74) is 5.73. The quantitative estimate of drug-likeness (QED) is 0.618. The van der Waals surface area contributed by atoms with Gasteiger partial charge in [-0.1, -0.05) is 0 Å². The number of hydrogen-bond donors (Lipinski definition) is 3. The summed E-state index contributed by atoms with van der Waals surface area (Å²) in [7, 11) is 0. The third kappa shape index (κ3) is 2.68. The summed E-state index contributed by atoms with van der Waals surface area (Å²) >= 11 is 5.00. The summed E-state index contributed by atoms with van der Waals surface area (Å²) in [5.74, 6) is -0.322. The van der Waals surface area contributed by atoms with Crippen molar-refractivity contribution in [3.8, 4) is 0 Å². The molecule has 0 aliphatic heterocycles. The molecule has 5 nitrogen and oxygen atoms in total. The number of hydrogen-bond acceptors (Lipinski definition) is 3. The van der Waals surface area contributed by atoms with Crippen LogP contribution in [0.5, 0.6) is 0 Å². The maximum absolute atomic E-state index is 10.5. The van der Waals surface area contributed by atoms with Crippen molar-refractivity contribution in [2.24, 2.45) is 5.73 Å². The molecule has 6 heteroatoms. The van der Waals surface area contributed by atoms with E-state index >= 15 is 0 Å². The maximum Gasteiger partial charge on any atom is 0.217 e. The molecule has 1 aromatic rings. The van der Waals surface area contributed by atoms with Gasteiger partial charge in [-0.25, -0.2) is 0 Å². The Bertz CT molecular complexity index is 369. The normalized spacial score (nSPS) is 10.4. The van der Waals surface area contributed by atoms with Crippen molar-refractivity contribution in [3.05, 3.63) is 16.7 Å². The number of H-pyrrole nitrogens is 1. The van der Waals surface area contributed by atoms with Gasteiger partial charge in [-0.15, -0.1) is 0 Å². The van der Waals surface area contributed by atoms with Gasteiger partial charge in [0.15, 0.2) is 4.77 Å². The minimum absolute atomic E-state index is 0.0658. The Morgan fingerprint density at radius 3 is 3.00 bits per heavy atom. The second-order valence-corrected chi connectivity index (χ2v) is 3.35. The van der Waals surface area contributed by atoms with E-state index in [0.717, 1.165) is 5.69 Å². The number of nitrogens with one attached hydrogen (secondary N) is 1. The lowest BCUT2D eigenvalue weighted by Crippen LogP contribution is -2.12. The highest BCUT2D eigenvalue weighted by atomic mass is 32.1. The summed E-state index contributed by atoms with van der Waals surface area (Å²) in [6.45, 7) is 0.533. The molecule has 1 amide bonds. The molecule has 0 aliphatic rings. The smallest absolute Gasteiger partial charge is 0.217 e. The van der Waals surface area contributed by atoms with Gasteiger partial charge in [0.25, 0.3) is 0 Å². The Hall–Kier alpha value is -1.14. The number of nitrogens with two attached hydrogens (primary N) is 1. The Kier molecular flexibility index (Phi) is 3.84. The van der Waals surface area contributed by atoms with Gasteiger partial charge in [-0.05, 0) is 18.6 Å². The van der Waals surface area contributed by atoms with Gasteiger partial charge < -0.3 is 20.4 Å². The number of primary amides is 1. The summed E-state index contributed by atoms with van der Waals surface area (Å²) in [4.78, 5) is 13.3. The molecule has 0 atom stereocenters. The van der Waals surface area contributed by atoms with Gasteiger partial charge in [-0.2, -0.15) is 0 Å². The molecule has 1 aromatic heterocycles. The van der Waals surface area contributed by atoms with Gasteiger partial charge >= 0.3 is 0 Å². The van der Waals surface area contributed by atoms with Crippen LogP contribution in [-0.2, 0) is 17.9 Å². The van der Waals surface area contributed by atoms with Crippen molar-refractivity contribution in [1.29, 1.82) is 0 Å². The summed E-state index contributed by atoms with van der Waals surface area (Å²) in [6.07, 6.45) is 2.62. The Morgan fingerprint density at radius 2 is 2.43 bits per heavy atom. The average molecular weight is 215 g/mol. The number of rotatable bonds is 5. The van der Waals surface area contributed by atoms with Crippen molar-refractivity contribution in [3.63, 3.8) is 0 Å². The molecule has 0 fully saturated rings. The lowest BCUT2D eigenvalue weighted by Gasteiger charge is -2.04. The largest absolute Gasteiger partial charge is 0.390 e. The number of amides is 1. The van der Waals surface area contributed by atoms with E-state index in [4.69, 9.17) is 23.1 Å². The van der Waals surface area contributed by atoms with E-state index in [1.54, 1.807) is 10.8 Å². The van der Waals surface area contributed by atoms with E-state index in [-0.39, 0.29) is 12.5 Å². The van der Waals surface area contributed by atoms with Crippen molar-refractivity contribution < 1.29 is 9.90 Å². The van der Waals surface area contributed by atoms with Crippen LogP contribution in [0.25, 0.3) is 0 Å². The first-order valence-corrected chi connectivity index (χ1v) is 4.72. The second-order valence-electron chi connectivity index (χ2n) is 2.96. The fourth-order valence-corrected chi connectivity index (χ4v) is 1.49. The maximum atomic E-state index is 10.5. The van der Waals surface area contributed by atoms with Crippen molar-refractivity contribution in [2.75, 3.05) is 0 Å². The summed E-state index contributed by atoms with van der Waals surface area (Å²) < 4.78 is 2.32. The molecule has 78 valence electrons. The van der Waals surface area contributed by atoms with E-state index in [2.05, 4.69) is 4.98 Å². The molecular weight excluding hydrogens is 202 g/mol. The molecule has 0 radical (unpaired) electrons. The third-order valence-corrected chi connectivity index (χ3v) is 2.26. The molecule has 1 rings (SSSR count). The topological polar surface area (TPSA) is 84.0 Å². The SMILES string of the molecule is NC(=O)CCCn1c(CO)c[nH]c1=S. The molecule has 0 spiro atoms. The summed E-state index contributed by atoms with van der Waals surface area (Å²) in [5, 5.41) is 8.96. The van der Waals surface area contributed by atoms with Gasteiger partial charge in [0.2, 0.25) is 5.91 Å². The van der Waals surface area contributed by atoms with Crippen molar-refractivity contribution >= 4 is 18.1 Å². The molecule has 14 heavy (non-hydrogen) atoms. The monoisotopic (exact) mass is 215 g/mol. The van der Waals surface area contributed by atoms with E-state index in [1.807, 2.05) is 0 Å². The van der Waals surface area contributed by atoms with Gasteiger partial charge in [0.1, 0.15) is 0 Å². The van der Waals surface area contributed by atoms with Gasteiger partial charge in [-0.3, -0.25) is 4.79 Å². The molecule has 0 bridgehead atoms. The van der Waals surface area contributed by atoms with Crippen LogP contribution >= 0.6 is 12.2 Å². The first-order valence-electron chi connectivity index (χ1n) is 4.31. The molecule has 0 unspecified atom stereocenters. The zero-order chi connectivity index (χ0) is 10.6. The first-order chi connectivity index (χ1) is 6.65. The predicted octanol–water partition coefficient (Wildman–Crippen LogP) is 0.303. The minimum atomic E-state index is -0.322. The molecule has 0 saturated heterocycles. The number of aromatic amines is 1. The van der Waals surface area contributed by atoms with E-state index in [0.29, 0.717) is 24.2 Å². The molecular formula is C8H13N3O2S. The standard InChI is InChI=1S/C8H13N3O2S/c9-7(13)2-1-3-11-6(5-12)4-10-8(11)14/h4,12H,1-3,5H2,(H2,9,13)(H,10,14). The van der Waals surface area contributed by atoms with Gasteiger partial charge in [0, 0.05) is 19.2 Å². The number of aromatic nitrogens is 2. The fourth-order valence-electron chi connectivity index (χ4n) is 1.22. The first kappa shape index (κ1) is 10.9. The van der Waals surface area contributed by atoms with Crippen LogP contribution in [0.15, 0.2) is 6.20 Å². The lowest BCUT2D eigenvalue weighted by molar-refractivity contribution is -0.118. The third-order valence-electron chi connectivity index (χ3n) is 1.92. The summed E-state index contributed by atoms with van der Waals surface area (Å²) in [6, 6.07) is 0. The van der Waals surface area contributed by atoms with E-state index < -0.39 is 0 Å². The Morgan fingerprint density at radius 1 is 1.71 bits per heavy atom. The molecule has 4 N–H and O–H groups in total. The van der Waals surface area contributed by atoms with Crippen molar-refractivity contribution in [1.82, 2.24) is 9.55 Å². The number of carbonyl (C=O) groups is 1. The fraction of sp³-hybridized carbons (Fsp3) is 0.500. The molecule has 0 saturated carbocycles. The van der Waals surface area contributed by atoms with Crippen LogP contribution in [0.2, 0.25) is 0 Å². The van der Waals surface area contributed by atoms with Crippen molar-refractivity contribution in [2.45, 2.75) is 26.0 Å².